The average molecular weight is 552 g/mol. The summed E-state index contributed by atoms with van der Waals surface area (Å²) >= 11 is 0. The van der Waals surface area contributed by atoms with E-state index in [1.54, 1.807) is 6.20 Å². The van der Waals surface area contributed by atoms with Crippen molar-refractivity contribution in [2.75, 3.05) is 36.9 Å². The molecule has 2 aromatic rings. The summed E-state index contributed by atoms with van der Waals surface area (Å²) in [4.78, 5) is 36.0. The zero-order valence-corrected chi connectivity index (χ0v) is 23.0. The standard InChI is InChI=1S/C28H41N9O3/c38-26(19-16-40-17-19)37-13-10-22(11-14-37)32-28(39)31-21-7-5-20(6-8-21)30-27-29-12-9-24(34-27)33-25-15-23(35-36-25)18-3-1-2-4-18/h9,12,15,18-22H,1-8,10-11,13-14,16-17H2,(H2,31,32,39)(H3,29,30,33,34,35,36). The van der Waals surface area contributed by atoms with E-state index >= 15 is 0 Å². The van der Waals surface area contributed by atoms with E-state index in [9.17, 15) is 9.59 Å². The van der Waals surface area contributed by atoms with Crippen LogP contribution < -0.4 is 21.3 Å². The number of carbonyl (C=O) groups excluding carboxylic acids is 2. The molecule has 2 saturated carbocycles. The average Bonchev–Trinajstić information content (AvgIpc) is 3.62. The van der Waals surface area contributed by atoms with Crippen LogP contribution in [0.2, 0.25) is 0 Å². The number of amides is 3. The number of rotatable bonds is 8. The number of nitrogens with zero attached hydrogens (tertiary/aromatic N) is 4. The number of piperidine rings is 1. The van der Waals surface area contributed by atoms with Gasteiger partial charge in [0.05, 0.1) is 19.1 Å². The fourth-order valence-corrected chi connectivity index (χ4v) is 6.33. The van der Waals surface area contributed by atoms with Crippen molar-refractivity contribution in [3.8, 4) is 0 Å². The lowest BCUT2D eigenvalue weighted by Crippen LogP contribution is -2.53. The molecule has 0 spiro atoms. The van der Waals surface area contributed by atoms with E-state index in [0.717, 1.165) is 44.3 Å². The highest BCUT2D eigenvalue weighted by atomic mass is 16.5. The van der Waals surface area contributed by atoms with Crippen LogP contribution in [-0.2, 0) is 9.53 Å². The molecule has 2 aliphatic heterocycles. The van der Waals surface area contributed by atoms with Gasteiger partial charge < -0.3 is 30.9 Å². The van der Waals surface area contributed by atoms with E-state index in [2.05, 4.69) is 47.5 Å². The van der Waals surface area contributed by atoms with Crippen molar-refractivity contribution >= 4 is 29.5 Å². The molecule has 40 heavy (non-hydrogen) atoms. The summed E-state index contributed by atoms with van der Waals surface area (Å²) in [6.07, 6.45) is 12.0. The first-order chi connectivity index (χ1) is 19.6. The van der Waals surface area contributed by atoms with E-state index in [0.29, 0.717) is 44.0 Å². The second-order valence-electron chi connectivity index (χ2n) is 11.7. The van der Waals surface area contributed by atoms with Crippen molar-refractivity contribution in [1.29, 1.82) is 0 Å². The van der Waals surface area contributed by atoms with Crippen LogP contribution in [0.3, 0.4) is 0 Å². The molecule has 2 aromatic heterocycles. The summed E-state index contributed by atoms with van der Waals surface area (Å²) < 4.78 is 5.14. The summed E-state index contributed by atoms with van der Waals surface area (Å²) in [5.74, 6) is 2.89. The normalized spacial score (nSPS) is 24.4. The first kappa shape index (κ1) is 26.8. The molecule has 2 saturated heterocycles. The molecule has 4 aliphatic rings. The molecule has 3 amide bonds. The van der Waals surface area contributed by atoms with Gasteiger partial charge in [-0.25, -0.2) is 9.78 Å². The van der Waals surface area contributed by atoms with Gasteiger partial charge in [-0.1, -0.05) is 12.8 Å². The Hall–Kier alpha value is -3.41. The summed E-state index contributed by atoms with van der Waals surface area (Å²) in [6, 6.07) is 4.35. The van der Waals surface area contributed by atoms with Crippen LogP contribution >= 0.6 is 0 Å². The minimum absolute atomic E-state index is 0.0287. The number of aromatic amines is 1. The molecule has 6 rings (SSSR count). The van der Waals surface area contributed by atoms with Crippen LogP contribution in [0, 0.1) is 5.92 Å². The monoisotopic (exact) mass is 551 g/mol. The third-order valence-corrected chi connectivity index (χ3v) is 8.83. The maximum atomic E-state index is 12.6. The van der Waals surface area contributed by atoms with Crippen LogP contribution in [0.1, 0.15) is 75.8 Å². The van der Waals surface area contributed by atoms with Gasteiger partial charge in [0.25, 0.3) is 0 Å². The fraction of sp³-hybridized carbons (Fsp3) is 0.679. The first-order valence-electron chi connectivity index (χ1n) is 14.9. The lowest BCUT2D eigenvalue weighted by atomic mass is 9.91. The van der Waals surface area contributed by atoms with Gasteiger partial charge in [-0.15, -0.1) is 0 Å². The molecule has 4 heterocycles. The lowest BCUT2D eigenvalue weighted by Gasteiger charge is -2.37. The lowest BCUT2D eigenvalue weighted by molar-refractivity contribution is -0.150. The summed E-state index contributed by atoms with van der Waals surface area (Å²) in [7, 11) is 0. The molecule has 12 heteroatoms. The topological polar surface area (TPSA) is 149 Å². The minimum Gasteiger partial charge on any atom is -0.380 e. The molecule has 0 aromatic carbocycles. The number of likely N-dealkylation sites (tertiary alicyclic amines) is 1. The van der Waals surface area contributed by atoms with E-state index in [4.69, 9.17) is 4.74 Å². The molecule has 0 radical (unpaired) electrons. The number of hydrogen-bond acceptors (Lipinski definition) is 8. The smallest absolute Gasteiger partial charge is 0.315 e. The number of urea groups is 1. The second-order valence-corrected chi connectivity index (χ2v) is 11.7. The summed E-state index contributed by atoms with van der Waals surface area (Å²) in [5.41, 5.74) is 1.20. The van der Waals surface area contributed by atoms with Gasteiger partial charge in [0.2, 0.25) is 11.9 Å². The van der Waals surface area contributed by atoms with Crippen molar-refractivity contribution in [1.82, 2.24) is 35.7 Å². The molecule has 2 aliphatic carbocycles. The van der Waals surface area contributed by atoms with Crippen molar-refractivity contribution in [3.63, 3.8) is 0 Å². The maximum Gasteiger partial charge on any atom is 0.315 e. The van der Waals surface area contributed by atoms with Gasteiger partial charge in [-0.05, 0) is 57.4 Å². The Morgan fingerprint density at radius 1 is 0.900 bits per heavy atom. The zero-order valence-electron chi connectivity index (χ0n) is 23.0. The van der Waals surface area contributed by atoms with Crippen LogP contribution in [0.25, 0.3) is 0 Å². The SMILES string of the molecule is O=C(NC1CCC(Nc2nccc(Nc3cc(C4CCCC4)[nH]n3)n2)CC1)NC1CCN(C(=O)C2COC2)CC1. The van der Waals surface area contributed by atoms with Crippen LogP contribution in [-0.4, -0.2) is 81.4 Å². The summed E-state index contributed by atoms with van der Waals surface area (Å²) in [5, 5.41) is 20.6. The number of ether oxygens (including phenoxy) is 1. The van der Waals surface area contributed by atoms with Gasteiger partial charge in [0, 0.05) is 55.1 Å². The maximum absolute atomic E-state index is 12.6. The van der Waals surface area contributed by atoms with Gasteiger partial charge in [-0.3, -0.25) is 9.89 Å². The number of hydrogen-bond donors (Lipinski definition) is 5. The Labute approximate surface area is 234 Å². The number of nitrogens with one attached hydrogen (secondary N) is 5. The van der Waals surface area contributed by atoms with Crippen molar-refractivity contribution < 1.29 is 14.3 Å². The zero-order chi connectivity index (χ0) is 27.3. The predicted octanol–water partition coefficient (Wildman–Crippen LogP) is 3.26. The van der Waals surface area contributed by atoms with E-state index in [1.807, 2.05) is 11.0 Å². The third-order valence-electron chi connectivity index (χ3n) is 8.83. The molecular weight excluding hydrogens is 510 g/mol. The van der Waals surface area contributed by atoms with Crippen molar-refractivity contribution in [2.24, 2.45) is 5.92 Å². The van der Waals surface area contributed by atoms with Gasteiger partial charge in [-0.2, -0.15) is 10.1 Å². The number of carbonyl (C=O) groups is 2. The highest BCUT2D eigenvalue weighted by Crippen LogP contribution is 2.34. The Morgan fingerprint density at radius 3 is 2.30 bits per heavy atom. The molecule has 5 N–H and O–H groups in total. The van der Waals surface area contributed by atoms with Crippen molar-refractivity contribution in [3.05, 3.63) is 24.0 Å². The predicted molar refractivity (Wildman–Crippen MR) is 150 cm³/mol. The quantitative estimate of drug-likeness (QED) is 0.336. The van der Waals surface area contributed by atoms with E-state index in [1.165, 1.54) is 31.4 Å². The van der Waals surface area contributed by atoms with Crippen LogP contribution in [0.15, 0.2) is 18.3 Å². The third kappa shape index (κ3) is 6.65. The fourth-order valence-electron chi connectivity index (χ4n) is 6.33. The van der Waals surface area contributed by atoms with Gasteiger partial charge in [0.15, 0.2) is 5.82 Å². The molecular formula is C28H41N9O3. The Kier molecular flexibility index (Phi) is 8.31. The molecule has 0 unspecified atom stereocenters. The van der Waals surface area contributed by atoms with Crippen LogP contribution in [0.4, 0.5) is 22.4 Å². The number of aromatic nitrogens is 4. The minimum atomic E-state index is -0.106. The van der Waals surface area contributed by atoms with Gasteiger partial charge >= 0.3 is 6.03 Å². The van der Waals surface area contributed by atoms with E-state index in [-0.39, 0.29) is 36.0 Å². The Balaban J connectivity index is 0.900. The molecule has 0 atom stereocenters. The number of H-pyrrole nitrogens is 1. The van der Waals surface area contributed by atoms with Crippen LogP contribution in [0.5, 0.6) is 0 Å². The first-order valence-corrected chi connectivity index (χ1v) is 14.9. The second kappa shape index (κ2) is 12.4. The Bertz CT molecular complexity index is 1150. The molecule has 216 valence electrons. The highest BCUT2D eigenvalue weighted by Gasteiger charge is 2.33. The number of anilines is 3. The molecule has 12 nitrogen and oxygen atoms in total. The highest BCUT2D eigenvalue weighted by molar-refractivity contribution is 5.80. The molecule has 4 fully saturated rings. The Morgan fingerprint density at radius 2 is 1.60 bits per heavy atom. The van der Waals surface area contributed by atoms with E-state index < -0.39 is 0 Å². The largest absolute Gasteiger partial charge is 0.380 e. The summed E-state index contributed by atoms with van der Waals surface area (Å²) in [6.45, 7) is 2.47. The molecule has 0 bridgehead atoms. The van der Waals surface area contributed by atoms with Gasteiger partial charge in [0.1, 0.15) is 5.82 Å². The van der Waals surface area contributed by atoms with Crippen molar-refractivity contribution in [2.45, 2.75) is 88.3 Å².